The largest absolute Gasteiger partial charge is 0.382 e. The van der Waals surface area contributed by atoms with Crippen molar-refractivity contribution in [2.45, 2.75) is 38.6 Å². The molecule has 2 aliphatic rings. The summed E-state index contributed by atoms with van der Waals surface area (Å²) in [4.78, 5) is 13.5. The summed E-state index contributed by atoms with van der Waals surface area (Å²) in [5.41, 5.74) is 2.11. The minimum absolute atomic E-state index is 0.00800. The summed E-state index contributed by atoms with van der Waals surface area (Å²) in [5, 5.41) is 6.46. The van der Waals surface area contributed by atoms with E-state index in [0.717, 1.165) is 30.4 Å². The van der Waals surface area contributed by atoms with Crippen molar-refractivity contribution in [3.8, 4) is 0 Å². The summed E-state index contributed by atoms with van der Waals surface area (Å²) >= 11 is 0. The molecule has 1 aliphatic heterocycles. The van der Waals surface area contributed by atoms with Crippen molar-refractivity contribution < 1.29 is 4.79 Å². The summed E-state index contributed by atoms with van der Waals surface area (Å²) in [7, 11) is 0. The Balaban J connectivity index is 1.66. The molecule has 1 saturated carbocycles. The van der Waals surface area contributed by atoms with Crippen LogP contribution in [0.15, 0.2) is 24.3 Å². The highest BCUT2D eigenvalue weighted by Crippen LogP contribution is 2.27. The quantitative estimate of drug-likeness (QED) is 0.888. The van der Waals surface area contributed by atoms with Crippen LogP contribution in [0.5, 0.6) is 0 Å². The lowest BCUT2D eigenvalue weighted by atomic mass is 9.87. The Morgan fingerprint density at radius 1 is 1.25 bits per heavy atom. The molecular weight excluding hydrogens is 250 g/mol. The molecule has 0 bridgehead atoms. The molecule has 2 N–H and O–H groups in total. The SMILES string of the molecule is CC1CCC(Nc2cccc(N3CCNC3=O)c2)CC1. The zero-order valence-electron chi connectivity index (χ0n) is 12.1. The van der Waals surface area contributed by atoms with Gasteiger partial charge in [-0.3, -0.25) is 4.90 Å². The van der Waals surface area contributed by atoms with Crippen LogP contribution in [0.1, 0.15) is 32.6 Å². The van der Waals surface area contributed by atoms with Crippen molar-refractivity contribution in [3.05, 3.63) is 24.3 Å². The minimum Gasteiger partial charge on any atom is -0.382 e. The van der Waals surface area contributed by atoms with E-state index in [1.807, 2.05) is 12.1 Å². The summed E-state index contributed by atoms with van der Waals surface area (Å²) in [6.07, 6.45) is 5.11. The number of nitrogens with one attached hydrogen (secondary N) is 2. The summed E-state index contributed by atoms with van der Waals surface area (Å²) in [6.45, 7) is 3.82. The van der Waals surface area contributed by atoms with Gasteiger partial charge in [0.15, 0.2) is 0 Å². The molecule has 20 heavy (non-hydrogen) atoms. The van der Waals surface area contributed by atoms with Crippen LogP contribution in [-0.4, -0.2) is 25.2 Å². The number of amides is 2. The lowest BCUT2D eigenvalue weighted by molar-refractivity contribution is 0.252. The molecule has 4 heteroatoms. The van der Waals surface area contributed by atoms with E-state index in [4.69, 9.17) is 0 Å². The molecule has 1 aromatic carbocycles. The van der Waals surface area contributed by atoms with E-state index in [1.54, 1.807) is 4.90 Å². The van der Waals surface area contributed by atoms with Gasteiger partial charge < -0.3 is 10.6 Å². The molecule has 0 aromatic heterocycles. The third-order valence-corrected chi connectivity index (χ3v) is 4.40. The van der Waals surface area contributed by atoms with Gasteiger partial charge in [-0.2, -0.15) is 0 Å². The van der Waals surface area contributed by atoms with Gasteiger partial charge in [0.2, 0.25) is 0 Å². The van der Waals surface area contributed by atoms with E-state index in [9.17, 15) is 4.79 Å². The first kappa shape index (κ1) is 13.3. The molecule has 0 atom stereocenters. The maximum atomic E-state index is 11.7. The Labute approximate surface area is 120 Å². The highest BCUT2D eigenvalue weighted by atomic mass is 16.2. The first-order valence-corrected chi connectivity index (χ1v) is 7.64. The third-order valence-electron chi connectivity index (χ3n) is 4.40. The lowest BCUT2D eigenvalue weighted by Gasteiger charge is -2.28. The molecule has 3 rings (SSSR count). The van der Waals surface area contributed by atoms with Gasteiger partial charge in [0.25, 0.3) is 0 Å². The number of hydrogen-bond donors (Lipinski definition) is 2. The fourth-order valence-corrected chi connectivity index (χ4v) is 3.12. The van der Waals surface area contributed by atoms with E-state index in [0.29, 0.717) is 6.04 Å². The van der Waals surface area contributed by atoms with E-state index in [1.165, 1.54) is 25.7 Å². The smallest absolute Gasteiger partial charge is 0.321 e. The first-order chi connectivity index (χ1) is 9.72. The second kappa shape index (κ2) is 5.73. The second-order valence-corrected chi connectivity index (χ2v) is 6.04. The van der Waals surface area contributed by atoms with Gasteiger partial charge in [0.1, 0.15) is 0 Å². The topological polar surface area (TPSA) is 44.4 Å². The number of carbonyl (C=O) groups excluding carboxylic acids is 1. The van der Waals surface area contributed by atoms with Gasteiger partial charge >= 0.3 is 6.03 Å². The number of nitrogens with zero attached hydrogens (tertiary/aromatic N) is 1. The Bertz CT molecular complexity index is 480. The second-order valence-electron chi connectivity index (χ2n) is 6.04. The fourth-order valence-electron chi connectivity index (χ4n) is 3.12. The van der Waals surface area contributed by atoms with Crippen molar-refractivity contribution in [3.63, 3.8) is 0 Å². The predicted octanol–water partition coefficient (Wildman–Crippen LogP) is 3.21. The van der Waals surface area contributed by atoms with E-state index >= 15 is 0 Å². The average molecular weight is 273 g/mol. The predicted molar refractivity (Wildman–Crippen MR) is 82.2 cm³/mol. The molecule has 4 nitrogen and oxygen atoms in total. The standard InChI is InChI=1S/C16H23N3O/c1-12-5-7-13(8-6-12)18-14-3-2-4-15(11-14)19-10-9-17-16(19)20/h2-4,11-13,18H,5-10H2,1H3,(H,17,20). The van der Waals surface area contributed by atoms with Crippen LogP contribution in [0.4, 0.5) is 16.2 Å². The molecule has 0 spiro atoms. The van der Waals surface area contributed by atoms with Gasteiger partial charge in [-0.25, -0.2) is 4.79 Å². The minimum atomic E-state index is 0.00800. The molecule has 1 heterocycles. The highest BCUT2D eigenvalue weighted by molar-refractivity contribution is 5.94. The van der Waals surface area contributed by atoms with E-state index in [2.05, 4.69) is 29.7 Å². The zero-order chi connectivity index (χ0) is 13.9. The number of anilines is 2. The van der Waals surface area contributed by atoms with Crippen molar-refractivity contribution in [1.29, 1.82) is 0 Å². The number of rotatable bonds is 3. The van der Waals surface area contributed by atoms with E-state index in [-0.39, 0.29) is 6.03 Å². The van der Waals surface area contributed by atoms with Crippen molar-refractivity contribution in [2.75, 3.05) is 23.3 Å². The van der Waals surface area contributed by atoms with Crippen LogP contribution in [0.25, 0.3) is 0 Å². The van der Waals surface area contributed by atoms with Gasteiger partial charge in [-0.15, -0.1) is 0 Å². The van der Waals surface area contributed by atoms with Crippen molar-refractivity contribution in [1.82, 2.24) is 5.32 Å². The zero-order valence-corrected chi connectivity index (χ0v) is 12.1. The Hall–Kier alpha value is -1.71. The van der Waals surface area contributed by atoms with Crippen LogP contribution in [-0.2, 0) is 0 Å². The monoisotopic (exact) mass is 273 g/mol. The maximum Gasteiger partial charge on any atom is 0.321 e. The summed E-state index contributed by atoms with van der Waals surface area (Å²) in [5.74, 6) is 0.868. The number of benzene rings is 1. The third kappa shape index (κ3) is 2.89. The van der Waals surface area contributed by atoms with E-state index < -0.39 is 0 Å². The van der Waals surface area contributed by atoms with Crippen LogP contribution in [0.2, 0.25) is 0 Å². The molecule has 1 saturated heterocycles. The first-order valence-electron chi connectivity index (χ1n) is 7.64. The Kier molecular flexibility index (Phi) is 3.81. The van der Waals surface area contributed by atoms with Gasteiger partial charge in [0.05, 0.1) is 0 Å². The van der Waals surface area contributed by atoms with Crippen LogP contribution < -0.4 is 15.5 Å². The Morgan fingerprint density at radius 2 is 2.05 bits per heavy atom. The molecule has 0 radical (unpaired) electrons. The molecule has 1 aliphatic carbocycles. The van der Waals surface area contributed by atoms with Crippen LogP contribution >= 0.6 is 0 Å². The molecule has 108 valence electrons. The van der Waals surface area contributed by atoms with Gasteiger partial charge in [0, 0.05) is 30.5 Å². The van der Waals surface area contributed by atoms with Crippen LogP contribution in [0, 0.1) is 5.92 Å². The number of urea groups is 1. The van der Waals surface area contributed by atoms with Gasteiger partial charge in [-0.1, -0.05) is 13.0 Å². The van der Waals surface area contributed by atoms with Crippen molar-refractivity contribution in [2.24, 2.45) is 5.92 Å². The summed E-state index contributed by atoms with van der Waals surface area (Å²) < 4.78 is 0. The van der Waals surface area contributed by atoms with Crippen LogP contribution in [0.3, 0.4) is 0 Å². The molecule has 1 aromatic rings. The van der Waals surface area contributed by atoms with Crippen molar-refractivity contribution >= 4 is 17.4 Å². The fraction of sp³-hybridized carbons (Fsp3) is 0.562. The molecular formula is C16H23N3O. The normalized spacial score (nSPS) is 26.4. The van der Waals surface area contributed by atoms with Gasteiger partial charge in [-0.05, 0) is 49.8 Å². The maximum absolute atomic E-state index is 11.7. The molecule has 2 fully saturated rings. The number of hydrogen-bond acceptors (Lipinski definition) is 2. The average Bonchev–Trinajstić information content (AvgIpc) is 2.88. The molecule has 0 unspecified atom stereocenters. The Morgan fingerprint density at radius 3 is 2.75 bits per heavy atom. The lowest BCUT2D eigenvalue weighted by Crippen LogP contribution is -2.28. The highest BCUT2D eigenvalue weighted by Gasteiger charge is 2.22. The molecule has 2 amide bonds. The number of carbonyl (C=O) groups is 1. The summed E-state index contributed by atoms with van der Waals surface area (Å²) in [6, 6.07) is 8.79.